The van der Waals surface area contributed by atoms with Gasteiger partial charge in [0.25, 0.3) is 0 Å². The van der Waals surface area contributed by atoms with Crippen LogP contribution < -0.4 is 15.4 Å². The molecule has 0 aliphatic heterocycles. The second-order valence-electron chi connectivity index (χ2n) is 4.64. The number of amides is 1. The van der Waals surface area contributed by atoms with Crippen LogP contribution in [-0.2, 0) is 4.79 Å². The van der Waals surface area contributed by atoms with Crippen LogP contribution in [0.2, 0.25) is 0 Å². The molecule has 0 atom stereocenters. The maximum absolute atomic E-state index is 12.2. The Hall–Kier alpha value is -2.06. The molecule has 0 spiro atoms. The maximum atomic E-state index is 12.2. The number of ether oxygens (including phenoxy) is 1. The maximum Gasteiger partial charge on any atom is 0.244 e. The molecule has 0 saturated carbocycles. The zero-order chi connectivity index (χ0) is 14.5. The van der Waals surface area contributed by atoms with Gasteiger partial charge in [0.2, 0.25) is 5.91 Å². The molecule has 0 saturated heterocycles. The fraction of sp³-hybridized carbons (Fsp3) is 0.429. The monoisotopic (exact) mass is 261 g/mol. The Balaban J connectivity index is 2.94. The van der Waals surface area contributed by atoms with Crippen molar-refractivity contribution in [3.8, 4) is 11.8 Å². The van der Waals surface area contributed by atoms with Gasteiger partial charge in [-0.15, -0.1) is 0 Å². The summed E-state index contributed by atoms with van der Waals surface area (Å²) in [7, 11) is 1.50. The van der Waals surface area contributed by atoms with Crippen LogP contribution >= 0.6 is 0 Å². The normalized spacial score (nSPS) is 10.7. The third-order valence-corrected chi connectivity index (χ3v) is 2.77. The summed E-state index contributed by atoms with van der Waals surface area (Å²) in [6.45, 7) is 6.26. The average Bonchev–Trinajstić information content (AvgIpc) is 2.39. The zero-order valence-corrected chi connectivity index (χ0v) is 11.7. The number of likely N-dealkylation sites (N-methyl/N-ethyl adjacent to an activating group) is 1. The minimum absolute atomic E-state index is 0.155. The summed E-state index contributed by atoms with van der Waals surface area (Å²) in [5.74, 6) is 0.317. The number of anilines is 1. The van der Waals surface area contributed by atoms with Gasteiger partial charge < -0.3 is 15.4 Å². The van der Waals surface area contributed by atoms with E-state index in [-0.39, 0.29) is 5.91 Å². The Morgan fingerprint density at radius 2 is 2.16 bits per heavy atom. The summed E-state index contributed by atoms with van der Waals surface area (Å²) < 4.78 is 5.18. The number of rotatable bonds is 5. The van der Waals surface area contributed by atoms with Gasteiger partial charge in [-0.2, -0.15) is 5.26 Å². The second kappa shape index (κ2) is 6.21. The molecule has 5 nitrogen and oxygen atoms in total. The van der Waals surface area contributed by atoms with Crippen molar-refractivity contribution in [1.29, 1.82) is 5.26 Å². The van der Waals surface area contributed by atoms with E-state index in [1.54, 1.807) is 18.2 Å². The lowest BCUT2D eigenvalue weighted by Gasteiger charge is -2.24. The van der Waals surface area contributed by atoms with Gasteiger partial charge in [0.15, 0.2) is 0 Å². The van der Waals surface area contributed by atoms with Crippen molar-refractivity contribution in [2.24, 2.45) is 0 Å². The quantitative estimate of drug-likeness (QED) is 0.849. The smallest absolute Gasteiger partial charge is 0.244 e. The Morgan fingerprint density at radius 1 is 1.47 bits per heavy atom. The van der Waals surface area contributed by atoms with Crippen LogP contribution in [0.15, 0.2) is 18.2 Å². The average molecular weight is 261 g/mol. The minimum atomic E-state index is -0.673. The molecule has 1 aromatic rings. The molecule has 1 rings (SSSR count). The first kappa shape index (κ1) is 15.0. The van der Waals surface area contributed by atoms with Crippen LogP contribution in [0.3, 0.4) is 0 Å². The van der Waals surface area contributed by atoms with Gasteiger partial charge in [0.05, 0.1) is 30.0 Å². The van der Waals surface area contributed by atoms with Crippen LogP contribution in [-0.4, -0.2) is 25.1 Å². The molecule has 2 N–H and O–H groups in total. The largest absolute Gasteiger partial charge is 0.495 e. The number of carbonyl (C=O) groups excluding carboxylic acids is 1. The summed E-state index contributed by atoms with van der Waals surface area (Å²) in [5, 5.41) is 14.7. The molecule has 0 fully saturated rings. The van der Waals surface area contributed by atoms with E-state index < -0.39 is 5.54 Å². The Morgan fingerprint density at radius 3 is 2.68 bits per heavy atom. The molecule has 0 aliphatic carbocycles. The highest BCUT2D eigenvalue weighted by molar-refractivity contribution is 5.98. The van der Waals surface area contributed by atoms with E-state index in [9.17, 15) is 4.79 Å². The van der Waals surface area contributed by atoms with E-state index in [2.05, 4.69) is 10.6 Å². The first-order valence-corrected chi connectivity index (χ1v) is 6.09. The predicted octanol–water partition coefficient (Wildman–Crippen LogP) is 1.89. The number of hydrogen-bond donors (Lipinski definition) is 2. The number of nitriles is 1. The first-order chi connectivity index (χ1) is 8.94. The molecule has 0 aliphatic rings. The molecule has 0 unspecified atom stereocenters. The number of nitrogens with zero attached hydrogens (tertiary/aromatic N) is 1. The standard InChI is InChI=1S/C14H19N3O2/c1-5-16-14(2,3)13(18)17-11-7-6-10(9-15)8-12(11)19-4/h6-8,16H,5H2,1-4H3,(H,17,18). The van der Waals surface area contributed by atoms with Crippen LogP contribution in [0.4, 0.5) is 5.69 Å². The topological polar surface area (TPSA) is 74.2 Å². The lowest BCUT2D eigenvalue weighted by molar-refractivity contribution is -0.121. The minimum Gasteiger partial charge on any atom is -0.495 e. The van der Waals surface area contributed by atoms with Crippen LogP contribution in [0.5, 0.6) is 5.75 Å². The summed E-state index contributed by atoms with van der Waals surface area (Å²) >= 11 is 0. The Labute approximate surface area is 113 Å². The summed E-state index contributed by atoms with van der Waals surface area (Å²) in [6.07, 6.45) is 0. The lowest BCUT2D eigenvalue weighted by atomic mass is 10.0. The first-order valence-electron chi connectivity index (χ1n) is 6.09. The van der Waals surface area contributed by atoms with Gasteiger partial charge in [-0.1, -0.05) is 6.92 Å². The highest BCUT2D eigenvalue weighted by Gasteiger charge is 2.26. The molecule has 102 valence electrons. The highest BCUT2D eigenvalue weighted by Crippen LogP contribution is 2.26. The third kappa shape index (κ3) is 3.70. The van der Waals surface area contributed by atoms with Gasteiger partial charge in [0, 0.05) is 6.07 Å². The van der Waals surface area contributed by atoms with E-state index in [1.807, 2.05) is 26.8 Å². The number of hydrogen-bond acceptors (Lipinski definition) is 4. The summed E-state index contributed by atoms with van der Waals surface area (Å²) in [5.41, 5.74) is 0.367. The van der Waals surface area contributed by atoms with Gasteiger partial charge in [-0.05, 0) is 32.5 Å². The van der Waals surface area contributed by atoms with E-state index in [0.717, 1.165) is 0 Å². The molecular weight excluding hydrogens is 242 g/mol. The fourth-order valence-electron chi connectivity index (χ4n) is 1.66. The second-order valence-corrected chi connectivity index (χ2v) is 4.64. The third-order valence-electron chi connectivity index (χ3n) is 2.77. The van der Waals surface area contributed by atoms with Crippen molar-refractivity contribution in [2.45, 2.75) is 26.3 Å². The molecule has 1 amide bonds. The number of methoxy groups -OCH3 is 1. The van der Waals surface area contributed by atoms with Crippen molar-refractivity contribution >= 4 is 11.6 Å². The Kier molecular flexibility index (Phi) is 4.90. The number of carbonyl (C=O) groups is 1. The van der Waals surface area contributed by atoms with Gasteiger partial charge in [-0.25, -0.2) is 0 Å². The number of nitrogens with one attached hydrogen (secondary N) is 2. The van der Waals surface area contributed by atoms with E-state index >= 15 is 0 Å². The molecule has 5 heteroatoms. The zero-order valence-electron chi connectivity index (χ0n) is 11.7. The molecule has 1 aromatic carbocycles. The summed E-state index contributed by atoms with van der Waals surface area (Å²) in [4.78, 5) is 12.2. The highest BCUT2D eigenvalue weighted by atomic mass is 16.5. The van der Waals surface area contributed by atoms with Crippen molar-refractivity contribution in [1.82, 2.24) is 5.32 Å². The van der Waals surface area contributed by atoms with Crippen molar-refractivity contribution in [3.05, 3.63) is 23.8 Å². The molecule has 19 heavy (non-hydrogen) atoms. The fourth-order valence-corrected chi connectivity index (χ4v) is 1.66. The molecule has 0 bridgehead atoms. The van der Waals surface area contributed by atoms with Crippen molar-refractivity contribution < 1.29 is 9.53 Å². The SMILES string of the molecule is CCNC(C)(C)C(=O)Nc1ccc(C#N)cc1OC. The van der Waals surface area contributed by atoms with Crippen LogP contribution in [0.25, 0.3) is 0 Å². The lowest BCUT2D eigenvalue weighted by Crippen LogP contribution is -2.49. The summed E-state index contributed by atoms with van der Waals surface area (Å²) in [6, 6.07) is 6.92. The molecular formula is C14H19N3O2. The Bertz CT molecular complexity index is 504. The molecule has 0 radical (unpaired) electrons. The van der Waals surface area contributed by atoms with Crippen LogP contribution in [0.1, 0.15) is 26.3 Å². The van der Waals surface area contributed by atoms with E-state index in [1.165, 1.54) is 7.11 Å². The van der Waals surface area contributed by atoms with Gasteiger partial charge >= 0.3 is 0 Å². The van der Waals surface area contributed by atoms with Gasteiger partial charge in [-0.3, -0.25) is 4.79 Å². The van der Waals surface area contributed by atoms with Gasteiger partial charge in [0.1, 0.15) is 5.75 Å². The van der Waals surface area contributed by atoms with Crippen molar-refractivity contribution in [3.63, 3.8) is 0 Å². The van der Waals surface area contributed by atoms with E-state index in [4.69, 9.17) is 10.00 Å². The van der Waals surface area contributed by atoms with Crippen LogP contribution in [0, 0.1) is 11.3 Å². The molecule has 0 heterocycles. The van der Waals surface area contributed by atoms with E-state index in [0.29, 0.717) is 23.5 Å². The van der Waals surface area contributed by atoms with Crippen molar-refractivity contribution in [2.75, 3.05) is 19.0 Å². The molecule has 0 aromatic heterocycles. The predicted molar refractivity (Wildman–Crippen MR) is 74.1 cm³/mol. The number of benzene rings is 1.